The maximum atomic E-state index is 13.4. The first-order chi connectivity index (χ1) is 15.0. The summed E-state index contributed by atoms with van der Waals surface area (Å²) in [5.41, 5.74) is 4.75. The molecule has 31 heavy (non-hydrogen) atoms. The number of hydrogen-bond acceptors (Lipinski definition) is 5. The molecular formula is C25H30N4O2. The van der Waals surface area contributed by atoms with Gasteiger partial charge in [0.1, 0.15) is 5.82 Å². The number of carbonyl (C=O) groups is 1. The number of carbonyl (C=O) groups excluding carboxylic acids is 1. The van der Waals surface area contributed by atoms with Crippen LogP contribution in [0.15, 0.2) is 41.1 Å². The molecular weight excluding hydrogens is 388 g/mol. The quantitative estimate of drug-likeness (QED) is 0.563. The van der Waals surface area contributed by atoms with Gasteiger partial charge in [0.05, 0.1) is 29.4 Å². The Hall–Kier alpha value is -3.02. The lowest BCUT2D eigenvalue weighted by molar-refractivity contribution is -0.134. The fourth-order valence-corrected chi connectivity index (χ4v) is 4.32. The summed E-state index contributed by atoms with van der Waals surface area (Å²) in [6, 6.07) is 10.0. The van der Waals surface area contributed by atoms with Crippen molar-refractivity contribution in [2.75, 3.05) is 6.54 Å². The Labute approximate surface area is 183 Å². The molecule has 162 valence electrons. The fourth-order valence-electron chi connectivity index (χ4n) is 4.32. The van der Waals surface area contributed by atoms with Gasteiger partial charge in [0.2, 0.25) is 5.91 Å². The number of benzene rings is 1. The summed E-state index contributed by atoms with van der Waals surface area (Å²) in [7, 11) is 0. The van der Waals surface area contributed by atoms with Crippen LogP contribution in [0, 0.1) is 13.8 Å². The Balaban J connectivity index is 1.69. The molecule has 3 aromatic rings. The number of amides is 1. The molecule has 0 spiro atoms. The van der Waals surface area contributed by atoms with E-state index in [1.165, 1.54) is 5.56 Å². The van der Waals surface area contributed by atoms with E-state index in [2.05, 4.69) is 36.1 Å². The molecule has 1 fully saturated rings. The highest BCUT2D eigenvalue weighted by Gasteiger charge is 2.32. The molecule has 4 rings (SSSR count). The van der Waals surface area contributed by atoms with Crippen LogP contribution in [0.1, 0.15) is 67.0 Å². The van der Waals surface area contributed by atoms with Crippen LogP contribution in [-0.2, 0) is 17.6 Å². The van der Waals surface area contributed by atoms with Crippen molar-refractivity contribution in [3.8, 4) is 11.3 Å². The average Bonchev–Trinajstić information content (AvgIpc) is 3.20. The van der Waals surface area contributed by atoms with Crippen LogP contribution in [0.5, 0.6) is 0 Å². The van der Waals surface area contributed by atoms with Crippen molar-refractivity contribution in [3.05, 3.63) is 64.9 Å². The molecule has 0 unspecified atom stereocenters. The molecule has 1 saturated heterocycles. The second-order valence-corrected chi connectivity index (χ2v) is 8.43. The zero-order valence-electron chi connectivity index (χ0n) is 18.6. The molecule has 3 heterocycles. The third kappa shape index (κ3) is 4.84. The Bertz CT molecular complexity index is 1060. The van der Waals surface area contributed by atoms with Crippen molar-refractivity contribution in [1.29, 1.82) is 0 Å². The number of piperidine rings is 1. The van der Waals surface area contributed by atoms with Crippen LogP contribution in [0.3, 0.4) is 0 Å². The smallest absolute Gasteiger partial charge is 0.227 e. The molecule has 0 aliphatic carbocycles. The molecule has 0 saturated carbocycles. The average molecular weight is 419 g/mol. The molecule has 2 aromatic heterocycles. The number of nitrogens with zero attached hydrogens (tertiary/aromatic N) is 4. The van der Waals surface area contributed by atoms with Crippen LogP contribution >= 0.6 is 0 Å². The van der Waals surface area contributed by atoms with E-state index < -0.39 is 0 Å². The zero-order valence-corrected chi connectivity index (χ0v) is 18.6. The van der Waals surface area contributed by atoms with E-state index in [1.54, 1.807) is 0 Å². The number of rotatable bonds is 6. The van der Waals surface area contributed by atoms with Gasteiger partial charge >= 0.3 is 0 Å². The SMILES string of the molecule is CCCc1ncc(-c2cc(C)no2)c([C@H]2CCCCN2C(=O)Cc2cccc(C)c2)n1. The van der Waals surface area contributed by atoms with Crippen molar-refractivity contribution in [3.63, 3.8) is 0 Å². The number of aryl methyl sites for hydroxylation is 3. The third-order valence-corrected chi connectivity index (χ3v) is 5.81. The Morgan fingerprint density at radius 3 is 2.84 bits per heavy atom. The van der Waals surface area contributed by atoms with Gasteiger partial charge in [-0.3, -0.25) is 4.79 Å². The van der Waals surface area contributed by atoms with E-state index in [-0.39, 0.29) is 11.9 Å². The molecule has 1 aliphatic heterocycles. The predicted molar refractivity (Wildman–Crippen MR) is 119 cm³/mol. The van der Waals surface area contributed by atoms with Crippen molar-refractivity contribution < 1.29 is 9.32 Å². The van der Waals surface area contributed by atoms with E-state index >= 15 is 0 Å². The number of hydrogen-bond donors (Lipinski definition) is 0. The molecule has 6 heteroatoms. The maximum absolute atomic E-state index is 13.4. The van der Waals surface area contributed by atoms with Crippen LogP contribution in [0.4, 0.5) is 0 Å². The zero-order chi connectivity index (χ0) is 21.8. The van der Waals surface area contributed by atoms with Gasteiger partial charge in [0.15, 0.2) is 5.76 Å². The molecule has 1 amide bonds. The van der Waals surface area contributed by atoms with Gasteiger partial charge in [0.25, 0.3) is 0 Å². The van der Waals surface area contributed by atoms with Crippen LogP contribution in [0.25, 0.3) is 11.3 Å². The van der Waals surface area contributed by atoms with Crippen LogP contribution in [-0.4, -0.2) is 32.5 Å². The topological polar surface area (TPSA) is 72.1 Å². The van der Waals surface area contributed by atoms with E-state index in [4.69, 9.17) is 9.51 Å². The normalized spacial score (nSPS) is 16.5. The molecule has 6 nitrogen and oxygen atoms in total. The van der Waals surface area contributed by atoms with Gasteiger partial charge in [-0.2, -0.15) is 0 Å². The minimum atomic E-state index is -0.0786. The molecule has 1 aromatic carbocycles. The number of aromatic nitrogens is 3. The largest absolute Gasteiger partial charge is 0.356 e. The molecule has 1 aliphatic rings. The Kier molecular flexibility index (Phi) is 6.44. The van der Waals surface area contributed by atoms with Gasteiger partial charge in [-0.25, -0.2) is 9.97 Å². The van der Waals surface area contributed by atoms with Crippen molar-refractivity contribution in [2.45, 2.75) is 65.3 Å². The van der Waals surface area contributed by atoms with Gasteiger partial charge in [-0.1, -0.05) is 41.9 Å². The lowest BCUT2D eigenvalue weighted by Gasteiger charge is -2.36. The second kappa shape index (κ2) is 9.41. The van der Waals surface area contributed by atoms with Gasteiger partial charge < -0.3 is 9.42 Å². The fraction of sp³-hybridized carbons (Fsp3) is 0.440. The molecule has 0 N–H and O–H groups in total. The summed E-state index contributed by atoms with van der Waals surface area (Å²) >= 11 is 0. The van der Waals surface area contributed by atoms with Crippen LogP contribution in [0.2, 0.25) is 0 Å². The maximum Gasteiger partial charge on any atom is 0.227 e. The summed E-state index contributed by atoms with van der Waals surface area (Å²) in [5.74, 6) is 1.62. The summed E-state index contributed by atoms with van der Waals surface area (Å²) in [4.78, 5) is 24.9. The lowest BCUT2D eigenvalue weighted by atomic mass is 9.94. The lowest BCUT2D eigenvalue weighted by Crippen LogP contribution is -2.40. The first-order valence-corrected chi connectivity index (χ1v) is 11.2. The molecule has 0 radical (unpaired) electrons. The van der Waals surface area contributed by atoms with Crippen molar-refractivity contribution in [1.82, 2.24) is 20.0 Å². The van der Waals surface area contributed by atoms with Gasteiger partial charge in [-0.15, -0.1) is 0 Å². The van der Waals surface area contributed by atoms with E-state index in [0.717, 1.165) is 67.0 Å². The monoisotopic (exact) mass is 418 g/mol. The first-order valence-electron chi connectivity index (χ1n) is 11.2. The summed E-state index contributed by atoms with van der Waals surface area (Å²) in [6.07, 6.45) is 7.00. The number of likely N-dealkylation sites (tertiary alicyclic amines) is 1. The third-order valence-electron chi connectivity index (χ3n) is 5.81. The molecule has 0 bridgehead atoms. The van der Waals surface area contributed by atoms with Gasteiger partial charge in [-0.05, 0) is 45.1 Å². The minimum absolute atomic E-state index is 0.0786. The second-order valence-electron chi connectivity index (χ2n) is 8.43. The van der Waals surface area contributed by atoms with E-state index in [1.807, 2.05) is 36.2 Å². The summed E-state index contributed by atoms with van der Waals surface area (Å²) in [6.45, 7) is 6.82. The van der Waals surface area contributed by atoms with Crippen LogP contribution < -0.4 is 0 Å². The van der Waals surface area contributed by atoms with E-state index in [9.17, 15) is 4.79 Å². The van der Waals surface area contributed by atoms with E-state index in [0.29, 0.717) is 12.2 Å². The molecule has 1 atom stereocenters. The summed E-state index contributed by atoms with van der Waals surface area (Å²) in [5, 5.41) is 4.05. The van der Waals surface area contributed by atoms with Gasteiger partial charge in [0, 0.05) is 25.2 Å². The highest BCUT2D eigenvalue weighted by Crippen LogP contribution is 2.36. The standard InChI is InChI=1S/C25H30N4O2/c1-4-8-23-26-16-20(22-14-18(3)28-31-22)25(27-23)21-11-5-6-12-29(21)24(30)15-19-10-7-9-17(2)13-19/h7,9-10,13-14,16,21H,4-6,8,11-12,15H2,1-3H3/t21-/m1/s1. The summed E-state index contributed by atoms with van der Waals surface area (Å²) < 4.78 is 5.55. The highest BCUT2D eigenvalue weighted by atomic mass is 16.5. The van der Waals surface area contributed by atoms with Crippen molar-refractivity contribution >= 4 is 5.91 Å². The van der Waals surface area contributed by atoms with Crippen molar-refractivity contribution in [2.24, 2.45) is 0 Å². The predicted octanol–water partition coefficient (Wildman–Crippen LogP) is 5.00. The highest BCUT2D eigenvalue weighted by molar-refractivity contribution is 5.79. The first kappa shape index (κ1) is 21.2. The Morgan fingerprint density at radius 2 is 2.10 bits per heavy atom. The Morgan fingerprint density at radius 1 is 1.23 bits per heavy atom. The minimum Gasteiger partial charge on any atom is -0.356 e.